The highest BCUT2D eigenvalue weighted by atomic mass is 79.9. The lowest BCUT2D eigenvalue weighted by Crippen LogP contribution is -2.08. The van der Waals surface area contributed by atoms with Crippen molar-refractivity contribution in [3.63, 3.8) is 0 Å². The van der Waals surface area contributed by atoms with Gasteiger partial charge in [0.25, 0.3) is 6.43 Å². The van der Waals surface area contributed by atoms with Gasteiger partial charge in [-0.05, 0) is 33.6 Å². The van der Waals surface area contributed by atoms with Crippen molar-refractivity contribution >= 4 is 21.6 Å². The number of alkyl halides is 2. The maximum atomic E-state index is 12.5. The summed E-state index contributed by atoms with van der Waals surface area (Å²) >= 11 is 3.39. The van der Waals surface area contributed by atoms with Gasteiger partial charge < -0.3 is 5.32 Å². The smallest absolute Gasteiger partial charge is 0.263 e. The van der Waals surface area contributed by atoms with Crippen molar-refractivity contribution in [3.8, 4) is 6.07 Å². The predicted molar refractivity (Wildman–Crippen MR) is 77.5 cm³/mol. The van der Waals surface area contributed by atoms with E-state index in [0.717, 1.165) is 10.2 Å². The van der Waals surface area contributed by atoms with Crippen molar-refractivity contribution in [2.24, 2.45) is 0 Å². The summed E-state index contributed by atoms with van der Waals surface area (Å²) in [5, 5.41) is 12.3. The molecule has 1 unspecified atom stereocenters. The fourth-order valence-electron chi connectivity index (χ4n) is 1.76. The second-order valence-corrected chi connectivity index (χ2v) is 5.01. The minimum Gasteiger partial charge on any atom is -0.365 e. The molecule has 0 fully saturated rings. The van der Waals surface area contributed by atoms with E-state index >= 15 is 0 Å². The first-order valence-electron chi connectivity index (χ1n) is 5.90. The summed E-state index contributed by atoms with van der Waals surface area (Å²) < 4.78 is 25.8. The van der Waals surface area contributed by atoms with Crippen LogP contribution in [0.4, 0.5) is 14.5 Å². The zero-order valence-electron chi connectivity index (χ0n) is 10.4. The molecular formula is C15H11BrF2N2. The first-order chi connectivity index (χ1) is 9.61. The summed E-state index contributed by atoms with van der Waals surface area (Å²) in [6, 6.07) is 14.7. The Morgan fingerprint density at radius 3 is 2.15 bits per heavy atom. The molecule has 0 heterocycles. The first kappa shape index (κ1) is 14.5. The SMILES string of the molecule is N#CC(Nc1ccccc1Br)c1ccc(C(F)F)cc1. The molecule has 2 aromatic carbocycles. The summed E-state index contributed by atoms with van der Waals surface area (Å²) in [4.78, 5) is 0. The van der Waals surface area contributed by atoms with Crippen LogP contribution < -0.4 is 5.32 Å². The summed E-state index contributed by atoms with van der Waals surface area (Å²) in [5.74, 6) is 0. The molecule has 1 N–H and O–H groups in total. The number of benzene rings is 2. The van der Waals surface area contributed by atoms with Crippen LogP contribution in [-0.2, 0) is 0 Å². The Labute approximate surface area is 124 Å². The van der Waals surface area contributed by atoms with Gasteiger partial charge in [-0.3, -0.25) is 0 Å². The van der Waals surface area contributed by atoms with Crippen molar-refractivity contribution < 1.29 is 8.78 Å². The summed E-state index contributed by atoms with van der Waals surface area (Å²) in [6.07, 6.45) is -2.50. The third-order valence-corrected chi connectivity index (χ3v) is 3.52. The molecule has 0 bridgehead atoms. The fraction of sp³-hybridized carbons (Fsp3) is 0.133. The molecule has 0 aromatic heterocycles. The monoisotopic (exact) mass is 336 g/mol. The van der Waals surface area contributed by atoms with Gasteiger partial charge in [0.2, 0.25) is 0 Å². The zero-order valence-corrected chi connectivity index (χ0v) is 11.9. The lowest BCUT2D eigenvalue weighted by Gasteiger charge is -2.15. The second kappa shape index (κ2) is 6.49. The highest BCUT2D eigenvalue weighted by molar-refractivity contribution is 9.10. The van der Waals surface area contributed by atoms with Crippen molar-refractivity contribution in [2.75, 3.05) is 5.32 Å². The van der Waals surface area contributed by atoms with Crippen LogP contribution in [-0.4, -0.2) is 0 Å². The van der Waals surface area contributed by atoms with E-state index in [9.17, 15) is 14.0 Å². The molecule has 0 radical (unpaired) electrons. The van der Waals surface area contributed by atoms with E-state index in [-0.39, 0.29) is 5.56 Å². The van der Waals surface area contributed by atoms with Crippen molar-refractivity contribution in [1.29, 1.82) is 5.26 Å². The van der Waals surface area contributed by atoms with Crippen molar-refractivity contribution in [2.45, 2.75) is 12.5 Å². The molecule has 5 heteroatoms. The number of hydrogen-bond donors (Lipinski definition) is 1. The van der Waals surface area contributed by atoms with Crippen LogP contribution in [0.2, 0.25) is 0 Å². The standard InChI is InChI=1S/C15H11BrF2N2/c16-12-3-1-2-4-13(12)20-14(9-19)10-5-7-11(8-6-10)15(17)18/h1-8,14-15,20H. The molecule has 2 nitrogen and oxygen atoms in total. The molecule has 0 aliphatic rings. The van der Waals surface area contributed by atoms with Crippen LogP contribution in [0.5, 0.6) is 0 Å². The quantitative estimate of drug-likeness (QED) is 0.846. The van der Waals surface area contributed by atoms with Crippen LogP contribution in [0.1, 0.15) is 23.6 Å². The first-order valence-corrected chi connectivity index (χ1v) is 6.70. The van der Waals surface area contributed by atoms with E-state index in [4.69, 9.17) is 0 Å². The summed E-state index contributed by atoms with van der Waals surface area (Å²) in [5.41, 5.74) is 1.37. The Bertz CT molecular complexity index is 621. The highest BCUT2D eigenvalue weighted by Gasteiger charge is 2.13. The molecular weight excluding hydrogens is 326 g/mol. The predicted octanol–water partition coefficient (Wildman–Crippen LogP) is 5.06. The minimum absolute atomic E-state index is 0.0497. The van der Waals surface area contributed by atoms with Gasteiger partial charge >= 0.3 is 0 Å². The van der Waals surface area contributed by atoms with Gasteiger partial charge in [0.1, 0.15) is 6.04 Å². The van der Waals surface area contributed by atoms with E-state index in [2.05, 4.69) is 27.3 Å². The minimum atomic E-state index is -2.50. The topological polar surface area (TPSA) is 35.8 Å². The van der Waals surface area contributed by atoms with E-state index in [1.165, 1.54) is 12.1 Å². The van der Waals surface area contributed by atoms with Crippen LogP contribution in [0.3, 0.4) is 0 Å². The molecule has 102 valence electrons. The Balaban J connectivity index is 2.21. The Hall–Kier alpha value is -1.93. The molecule has 0 aliphatic carbocycles. The number of nitriles is 1. The van der Waals surface area contributed by atoms with E-state index in [0.29, 0.717) is 5.56 Å². The number of hydrogen-bond acceptors (Lipinski definition) is 2. The molecule has 1 atom stereocenters. The lowest BCUT2D eigenvalue weighted by atomic mass is 10.1. The molecule has 2 aromatic rings. The van der Waals surface area contributed by atoms with Gasteiger partial charge in [0.15, 0.2) is 0 Å². The molecule has 0 saturated heterocycles. The van der Waals surface area contributed by atoms with Crippen LogP contribution in [0, 0.1) is 11.3 Å². The van der Waals surface area contributed by atoms with E-state index < -0.39 is 12.5 Å². The number of halogens is 3. The second-order valence-electron chi connectivity index (χ2n) is 4.15. The van der Waals surface area contributed by atoms with E-state index in [1.807, 2.05) is 24.3 Å². The largest absolute Gasteiger partial charge is 0.365 e. The Morgan fingerprint density at radius 1 is 1.00 bits per heavy atom. The summed E-state index contributed by atoms with van der Waals surface area (Å²) in [6.45, 7) is 0. The average molecular weight is 337 g/mol. The van der Waals surface area contributed by atoms with Gasteiger partial charge in [0.05, 0.1) is 6.07 Å². The average Bonchev–Trinajstić information content (AvgIpc) is 2.46. The zero-order chi connectivity index (χ0) is 14.5. The third-order valence-electron chi connectivity index (χ3n) is 2.82. The Kier molecular flexibility index (Phi) is 4.70. The third kappa shape index (κ3) is 3.34. The van der Waals surface area contributed by atoms with Crippen molar-refractivity contribution in [3.05, 3.63) is 64.1 Å². The Morgan fingerprint density at radius 2 is 1.60 bits per heavy atom. The molecule has 20 heavy (non-hydrogen) atoms. The molecule has 2 rings (SSSR count). The van der Waals surface area contributed by atoms with Gasteiger partial charge in [0, 0.05) is 15.7 Å². The maximum absolute atomic E-state index is 12.5. The number of para-hydroxylation sites is 1. The number of nitrogens with zero attached hydrogens (tertiary/aromatic N) is 1. The van der Waals surface area contributed by atoms with Crippen LogP contribution >= 0.6 is 15.9 Å². The maximum Gasteiger partial charge on any atom is 0.263 e. The van der Waals surface area contributed by atoms with Crippen LogP contribution in [0.15, 0.2) is 53.0 Å². The highest BCUT2D eigenvalue weighted by Crippen LogP contribution is 2.27. The number of anilines is 1. The molecule has 0 aliphatic heterocycles. The normalized spacial score (nSPS) is 11.9. The fourth-order valence-corrected chi connectivity index (χ4v) is 2.16. The molecule has 0 amide bonds. The van der Waals surface area contributed by atoms with Gasteiger partial charge in [-0.1, -0.05) is 36.4 Å². The van der Waals surface area contributed by atoms with Gasteiger partial charge in [-0.15, -0.1) is 0 Å². The van der Waals surface area contributed by atoms with Crippen molar-refractivity contribution in [1.82, 2.24) is 0 Å². The van der Waals surface area contributed by atoms with Gasteiger partial charge in [-0.25, -0.2) is 8.78 Å². The number of rotatable bonds is 4. The lowest BCUT2D eigenvalue weighted by molar-refractivity contribution is 0.151. The van der Waals surface area contributed by atoms with Crippen LogP contribution in [0.25, 0.3) is 0 Å². The molecule has 0 saturated carbocycles. The van der Waals surface area contributed by atoms with Gasteiger partial charge in [-0.2, -0.15) is 5.26 Å². The summed E-state index contributed by atoms with van der Waals surface area (Å²) in [7, 11) is 0. The molecule has 0 spiro atoms. The number of nitrogens with one attached hydrogen (secondary N) is 1. The van der Waals surface area contributed by atoms with E-state index in [1.54, 1.807) is 12.1 Å².